The van der Waals surface area contributed by atoms with Crippen LogP contribution in [0.1, 0.15) is 29.2 Å². The van der Waals surface area contributed by atoms with Crippen molar-refractivity contribution in [1.29, 1.82) is 0 Å². The van der Waals surface area contributed by atoms with Crippen LogP contribution in [0.5, 0.6) is 0 Å². The molecule has 0 spiro atoms. The second kappa shape index (κ2) is 6.59. The van der Waals surface area contributed by atoms with E-state index in [4.69, 9.17) is 0 Å². The van der Waals surface area contributed by atoms with Crippen molar-refractivity contribution in [2.45, 2.75) is 26.3 Å². The molecule has 5 heteroatoms. The average Bonchev–Trinajstić information content (AvgIpc) is 2.78. The molecule has 0 aliphatic carbocycles. The zero-order valence-electron chi connectivity index (χ0n) is 10.9. The lowest BCUT2D eigenvalue weighted by Crippen LogP contribution is -2.23. The van der Waals surface area contributed by atoms with Gasteiger partial charge in [0.15, 0.2) is 0 Å². The van der Waals surface area contributed by atoms with Gasteiger partial charge in [-0.05, 0) is 37.6 Å². The summed E-state index contributed by atoms with van der Waals surface area (Å²) in [6, 6.07) is 4.99. The van der Waals surface area contributed by atoms with Gasteiger partial charge in [0.2, 0.25) is 0 Å². The van der Waals surface area contributed by atoms with Gasteiger partial charge >= 0.3 is 0 Å². The number of nitrogens with one attached hydrogen (secondary N) is 1. The van der Waals surface area contributed by atoms with Gasteiger partial charge in [0.1, 0.15) is 5.82 Å². The van der Waals surface area contributed by atoms with Crippen molar-refractivity contribution in [3.05, 3.63) is 50.1 Å². The molecule has 0 aliphatic rings. The second-order valence-electron chi connectivity index (χ2n) is 4.34. The Morgan fingerprint density at radius 1 is 1.47 bits per heavy atom. The van der Waals surface area contributed by atoms with Crippen molar-refractivity contribution in [3.8, 4) is 0 Å². The molecule has 1 N–H and O–H groups in total. The van der Waals surface area contributed by atoms with E-state index >= 15 is 0 Å². The number of hydrogen-bond donors (Lipinski definition) is 1. The Morgan fingerprint density at radius 3 is 2.84 bits per heavy atom. The van der Waals surface area contributed by atoms with Gasteiger partial charge in [0.05, 0.1) is 16.7 Å². The van der Waals surface area contributed by atoms with E-state index in [-0.39, 0.29) is 11.9 Å². The van der Waals surface area contributed by atoms with E-state index in [2.05, 4.69) is 38.5 Å². The highest BCUT2D eigenvalue weighted by molar-refractivity contribution is 9.10. The highest BCUT2D eigenvalue weighted by Crippen LogP contribution is 2.25. The van der Waals surface area contributed by atoms with Crippen LogP contribution in [-0.4, -0.2) is 11.5 Å². The summed E-state index contributed by atoms with van der Waals surface area (Å²) in [4.78, 5) is 4.54. The maximum absolute atomic E-state index is 13.1. The number of thiazole rings is 1. The first-order valence-electron chi connectivity index (χ1n) is 6.19. The van der Waals surface area contributed by atoms with E-state index < -0.39 is 0 Å². The van der Waals surface area contributed by atoms with Crippen LogP contribution in [0.25, 0.3) is 0 Å². The SMILES string of the molecule is CCNC(Cc1ccc(F)cc1Br)c1csc(C)n1. The third-order valence-electron chi connectivity index (χ3n) is 2.88. The number of aromatic nitrogens is 1. The third-order valence-corrected chi connectivity index (χ3v) is 4.41. The molecule has 1 unspecified atom stereocenters. The van der Waals surface area contributed by atoms with E-state index in [0.29, 0.717) is 0 Å². The first kappa shape index (κ1) is 14.6. The number of aryl methyl sites for hydroxylation is 1. The maximum Gasteiger partial charge on any atom is 0.124 e. The Hall–Kier alpha value is -0.780. The molecule has 19 heavy (non-hydrogen) atoms. The quantitative estimate of drug-likeness (QED) is 0.878. The van der Waals surface area contributed by atoms with Crippen LogP contribution in [0.4, 0.5) is 4.39 Å². The summed E-state index contributed by atoms with van der Waals surface area (Å²) in [5, 5.41) is 6.58. The van der Waals surface area contributed by atoms with Crippen molar-refractivity contribution in [1.82, 2.24) is 10.3 Å². The van der Waals surface area contributed by atoms with Gasteiger partial charge < -0.3 is 5.32 Å². The summed E-state index contributed by atoms with van der Waals surface area (Å²) in [5.41, 5.74) is 2.14. The molecule has 0 bridgehead atoms. The summed E-state index contributed by atoms with van der Waals surface area (Å²) in [7, 11) is 0. The lowest BCUT2D eigenvalue weighted by atomic mass is 10.0. The summed E-state index contributed by atoms with van der Waals surface area (Å²) in [6.45, 7) is 4.96. The molecule has 2 rings (SSSR count). The molecule has 0 aliphatic heterocycles. The fourth-order valence-corrected chi connectivity index (χ4v) is 3.15. The van der Waals surface area contributed by atoms with E-state index in [1.54, 1.807) is 11.3 Å². The maximum atomic E-state index is 13.1. The highest BCUT2D eigenvalue weighted by Gasteiger charge is 2.15. The van der Waals surface area contributed by atoms with Gasteiger partial charge in [-0.2, -0.15) is 0 Å². The summed E-state index contributed by atoms with van der Waals surface area (Å²) < 4.78 is 13.9. The summed E-state index contributed by atoms with van der Waals surface area (Å²) >= 11 is 5.07. The molecule has 1 aromatic heterocycles. The van der Waals surface area contributed by atoms with Gasteiger partial charge in [0.25, 0.3) is 0 Å². The van der Waals surface area contributed by atoms with Crippen LogP contribution in [0.15, 0.2) is 28.1 Å². The molecular weight excluding hydrogens is 327 g/mol. The van der Waals surface area contributed by atoms with E-state index in [9.17, 15) is 4.39 Å². The number of nitrogens with zero attached hydrogens (tertiary/aromatic N) is 1. The minimum absolute atomic E-state index is 0.164. The normalized spacial score (nSPS) is 12.6. The molecule has 1 heterocycles. The van der Waals surface area contributed by atoms with E-state index in [1.165, 1.54) is 12.1 Å². The Morgan fingerprint density at radius 2 is 2.26 bits per heavy atom. The first-order valence-corrected chi connectivity index (χ1v) is 7.86. The second-order valence-corrected chi connectivity index (χ2v) is 6.26. The molecule has 2 nitrogen and oxygen atoms in total. The zero-order valence-corrected chi connectivity index (χ0v) is 13.3. The molecule has 0 saturated heterocycles. The van der Waals surface area contributed by atoms with Crippen molar-refractivity contribution in [2.75, 3.05) is 6.54 Å². The number of benzene rings is 1. The third kappa shape index (κ3) is 3.84. The van der Waals surface area contributed by atoms with Crippen LogP contribution in [0, 0.1) is 12.7 Å². The van der Waals surface area contributed by atoms with Gasteiger partial charge in [-0.3, -0.25) is 0 Å². The van der Waals surface area contributed by atoms with Gasteiger partial charge in [0, 0.05) is 9.85 Å². The molecule has 0 radical (unpaired) electrons. The Balaban J connectivity index is 2.21. The van der Waals surface area contributed by atoms with Crippen LogP contribution >= 0.6 is 27.3 Å². The summed E-state index contributed by atoms with van der Waals surface area (Å²) in [5.74, 6) is -0.222. The molecule has 2 aromatic rings. The smallest absolute Gasteiger partial charge is 0.124 e. The number of likely N-dealkylation sites (N-methyl/N-ethyl adjacent to an activating group) is 1. The highest BCUT2D eigenvalue weighted by atomic mass is 79.9. The topological polar surface area (TPSA) is 24.9 Å². The van der Waals surface area contributed by atoms with Crippen molar-refractivity contribution >= 4 is 27.3 Å². The van der Waals surface area contributed by atoms with Crippen LogP contribution in [0.2, 0.25) is 0 Å². The number of hydrogen-bond acceptors (Lipinski definition) is 3. The fourth-order valence-electron chi connectivity index (χ4n) is 1.98. The van der Waals surface area contributed by atoms with E-state index in [0.717, 1.165) is 33.7 Å². The lowest BCUT2D eigenvalue weighted by molar-refractivity contribution is 0.536. The lowest BCUT2D eigenvalue weighted by Gasteiger charge is -2.16. The molecule has 102 valence electrons. The predicted octanol–water partition coefficient (Wildman–Crippen LogP) is 4.25. The van der Waals surface area contributed by atoms with Crippen molar-refractivity contribution in [3.63, 3.8) is 0 Å². The zero-order chi connectivity index (χ0) is 13.8. The van der Waals surface area contributed by atoms with Crippen molar-refractivity contribution in [2.24, 2.45) is 0 Å². The number of halogens is 2. The Kier molecular flexibility index (Phi) is 5.07. The van der Waals surface area contributed by atoms with Crippen LogP contribution < -0.4 is 5.32 Å². The standard InChI is InChI=1S/C14H16BrFN2S/c1-3-17-13(14-8-19-9(2)18-14)6-10-4-5-11(16)7-12(10)15/h4-5,7-8,13,17H,3,6H2,1-2H3. The molecule has 1 aromatic carbocycles. The van der Waals surface area contributed by atoms with Crippen molar-refractivity contribution < 1.29 is 4.39 Å². The minimum Gasteiger partial charge on any atom is -0.309 e. The van der Waals surface area contributed by atoms with Gasteiger partial charge in [-0.15, -0.1) is 11.3 Å². The van der Waals surface area contributed by atoms with Crippen LogP contribution in [-0.2, 0) is 6.42 Å². The Bertz CT molecular complexity index is 556. The van der Waals surface area contributed by atoms with E-state index in [1.807, 2.05) is 13.0 Å². The average molecular weight is 343 g/mol. The molecular formula is C14H16BrFN2S. The first-order chi connectivity index (χ1) is 9.10. The van der Waals surface area contributed by atoms with Gasteiger partial charge in [-0.25, -0.2) is 9.37 Å². The van der Waals surface area contributed by atoms with Gasteiger partial charge in [-0.1, -0.05) is 28.9 Å². The largest absolute Gasteiger partial charge is 0.309 e. The predicted molar refractivity (Wildman–Crippen MR) is 81.1 cm³/mol. The number of rotatable bonds is 5. The molecule has 0 amide bonds. The van der Waals surface area contributed by atoms with Crippen LogP contribution in [0.3, 0.4) is 0 Å². The molecule has 0 saturated carbocycles. The molecule has 1 atom stereocenters. The summed E-state index contributed by atoms with van der Waals surface area (Å²) in [6.07, 6.45) is 0.790. The fraction of sp³-hybridized carbons (Fsp3) is 0.357. The monoisotopic (exact) mass is 342 g/mol. The minimum atomic E-state index is -0.222. The molecule has 0 fully saturated rings. The Labute approximate surface area is 125 Å².